The SMILES string of the molecule is Cn1cc(C(=O)/C=C/c2ccc(COc3ccc([N+](=O)[O-])cc3)o2)cn1. The molecule has 0 saturated heterocycles. The van der Waals surface area contributed by atoms with E-state index in [-0.39, 0.29) is 18.1 Å². The Morgan fingerprint density at radius 3 is 2.73 bits per heavy atom. The van der Waals surface area contributed by atoms with E-state index in [0.717, 1.165) is 0 Å². The first-order chi connectivity index (χ1) is 12.5. The molecule has 26 heavy (non-hydrogen) atoms. The van der Waals surface area contributed by atoms with Crippen molar-refractivity contribution in [3.8, 4) is 5.75 Å². The van der Waals surface area contributed by atoms with Crippen molar-refractivity contribution in [2.24, 2.45) is 7.05 Å². The molecule has 0 bridgehead atoms. The number of aryl methyl sites for hydroxylation is 1. The van der Waals surface area contributed by atoms with Crippen LogP contribution in [0.25, 0.3) is 6.08 Å². The molecule has 132 valence electrons. The lowest BCUT2D eigenvalue weighted by molar-refractivity contribution is -0.384. The number of aromatic nitrogens is 2. The highest BCUT2D eigenvalue weighted by Crippen LogP contribution is 2.19. The lowest BCUT2D eigenvalue weighted by Crippen LogP contribution is -1.94. The summed E-state index contributed by atoms with van der Waals surface area (Å²) in [6.45, 7) is 0.169. The van der Waals surface area contributed by atoms with Crippen LogP contribution in [0.1, 0.15) is 21.9 Å². The summed E-state index contributed by atoms with van der Waals surface area (Å²) >= 11 is 0. The highest BCUT2D eigenvalue weighted by atomic mass is 16.6. The molecule has 0 radical (unpaired) electrons. The largest absolute Gasteiger partial charge is 0.486 e. The number of nitro benzene ring substituents is 1. The number of allylic oxidation sites excluding steroid dienone is 1. The first-order valence-corrected chi connectivity index (χ1v) is 7.68. The van der Waals surface area contributed by atoms with E-state index in [1.807, 2.05) is 0 Å². The Kier molecular flexibility index (Phi) is 4.93. The number of carbonyl (C=O) groups is 1. The molecule has 3 rings (SSSR count). The van der Waals surface area contributed by atoms with E-state index in [1.165, 1.54) is 36.5 Å². The molecule has 3 aromatic rings. The van der Waals surface area contributed by atoms with Crippen molar-refractivity contribution in [2.75, 3.05) is 0 Å². The zero-order valence-corrected chi connectivity index (χ0v) is 13.9. The summed E-state index contributed by atoms with van der Waals surface area (Å²) in [5.41, 5.74) is 0.498. The van der Waals surface area contributed by atoms with Gasteiger partial charge in [0, 0.05) is 25.4 Å². The van der Waals surface area contributed by atoms with Crippen LogP contribution in [0.3, 0.4) is 0 Å². The van der Waals surface area contributed by atoms with Crippen LogP contribution >= 0.6 is 0 Å². The average molecular weight is 353 g/mol. The summed E-state index contributed by atoms with van der Waals surface area (Å²) in [4.78, 5) is 22.1. The summed E-state index contributed by atoms with van der Waals surface area (Å²) in [5, 5.41) is 14.6. The van der Waals surface area contributed by atoms with Gasteiger partial charge in [-0.1, -0.05) is 0 Å². The predicted octanol–water partition coefficient (Wildman–Crippen LogP) is 3.40. The van der Waals surface area contributed by atoms with Crippen molar-refractivity contribution in [1.82, 2.24) is 9.78 Å². The van der Waals surface area contributed by atoms with E-state index in [2.05, 4.69) is 5.10 Å². The monoisotopic (exact) mass is 353 g/mol. The number of carbonyl (C=O) groups excluding carboxylic acids is 1. The molecule has 0 aliphatic rings. The quantitative estimate of drug-likeness (QED) is 0.279. The summed E-state index contributed by atoms with van der Waals surface area (Å²) in [6, 6.07) is 9.25. The van der Waals surface area contributed by atoms with E-state index in [0.29, 0.717) is 22.8 Å². The van der Waals surface area contributed by atoms with Gasteiger partial charge in [0.05, 0.1) is 16.7 Å². The Morgan fingerprint density at radius 2 is 2.08 bits per heavy atom. The number of benzene rings is 1. The third kappa shape index (κ3) is 4.23. The van der Waals surface area contributed by atoms with Gasteiger partial charge >= 0.3 is 0 Å². The summed E-state index contributed by atoms with van der Waals surface area (Å²) in [6.07, 6.45) is 6.12. The van der Waals surface area contributed by atoms with Crippen molar-refractivity contribution < 1.29 is 18.9 Å². The van der Waals surface area contributed by atoms with E-state index >= 15 is 0 Å². The molecular formula is C18H15N3O5. The molecule has 8 heteroatoms. The molecule has 0 saturated carbocycles. The molecule has 0 spiro atoms. The maximum absolute atomic E-state index is 12.0. The van der Waals surface area contributed by atoms with Gasteiger partial charge in [0.1, 0.15) is 23.9 Å². The first-order valence-electron chi connectivity index (χ1n) is 7.68. The normalized spacial score (nSPS) is 11.0. The van der Waals surface area contributed by atoms with Crippen LogP contribution in [0, 0.1) is 10.1 Å². The highest BCUT2D eigenvalue weighted by Gasteiger charge is 2.07. The van der Waals surface area contributed by atoms with Gasteiger partial charge in [-0.2, -0.15) is 5.10 Å². The number of furan rings is 1. The molecule has 0 fully saturated rings. The molecular weight excluding hydrogens is 338 g/mol. The number of non-ortho nitro benzene ring substituents is 1. The topological polar surface area (TPSA) is 100 Å². The fourth-order valence-electron chi connectivity index (χ4n) is 2.18. The van der Waals surface area contributed by atoms with Gasteiger partial charge in [0.2, 0.25) is 0 Å². The Bertz CT molecular complexity index is 953. The number of rotatable bonds is 7. The lowest BCUT2D eigenvalue weighted by Gasteiger charge is -2.03. The lowest BCUT2D eigenvalue weighted by atomic mass is 10.2. The number of nitrogens with zero attached hydrogens (tertiary/aromatic N) is 3. The van der Waals surface area contributed by atoms with Crippen LogP contribution in [0.4, 0.5) is 5.69 Å². The molecule has 0 amide bonds. The predicted molar refractivity (Wildman–Crippen MR) is 92.7 cm³/mol. The second kappa shape index (κ2) is 7.47. The molecule has 0 atom stereocenters. The number of hydrogen-bond donors (Lipinski definition) is 0. The van der Waals surface area contributed by atoms with Gasteiger partial charge in [-0.25, -0.2) is 0 Å². The zero-order chi connectivity index (χ0) is 18.5. The minimum atomic E-state index is -0.471. The summed E-state index contributed by atoms with van der Waals surface area (Å²) < 4.78 is 12.6. The van der Waals surface area contributed by atoms with Crippen molar-refractivity contribution in [2.45, 2.75) is 6.61 Å². The molecule has 1 aromatic carbocycles. The Morgan fingerprint density at radius 1 is 1.31 bits per heavy atom. The number of hydrogen-bond acceptors (Lipinski definition) is 6. The van der Waals surface area contributed by atoms with Crippen molar-refractivity contribution >= 4 is 17.5 Å². The van der Waals surface area contributed by atoms with E-state index in [4.69, 9.17) is 9.15 Å². The number of ketones is 1. The fourth-order valence-corrected chi connectivity index (χ4v) is 2.18. The highest BCUT2D eigenvalue weighted by molar-refractivity contribution is 6.06. The molecule has 0 aliphatic heterocycles. The van der Waals surface area contributed by atoms with Gasteiger partial charge in [-0.3, -0.25) is 19.6 Å². The standard InChI is InChI=1S/C18H15N3O5/c1-20-11-13(10-19-20)18(22)9-8-16-6-7-17(26-16)12-25-15-4-2-14(3-5-15)21(23)24/h2-11H,12H2,1H3/b9-8+. The molecule has 2 aromatic heterocycles. The molecule has 0 unspecified atom stereocenters. The van der Waals surface area contributed by atoms with Crippen LogP contribution in [0.5, 0.6) is 5.75 Å². The van der Waals surface area contributed by atoms with Crippen LogP contribution in [-0.4, -0.2) is 20.5 Å². The van der Waals surface area contributed by atoms with Gasteiger partial charge in [-0.05, 0) is 36.4 Å². The van der Waals surface area contributed by atoms with Crippen molar-refractivity contribution in [3.05, 3.63) is 82.1 Å². The maximum Gasteiger partial charge on any atom is 0.269 e. The third-order valence-electron chi connectivity index (χ3n) is 3.50. The van der Waals surface area contributed by atoms with E-state index < -0.39 is 4.92 Å². The van der Waals surface area contributed by atoms with Gasteiger partial charge in [-0.15, -0.1) is 0 Å². The molecule has 0 N–H and O–H groups in total. The van der Waals surface area contributed by atoms with E-state index in [1.54, 1.807) is 36.1 Å². The van der Waals surface area contributed by atoms with Crippen LogP contribution in [0.15, 0.2) is 59.3 Å². The summed E-state index contributed by atoms with van der Waals surface area (Å²) in [5.74, 6) is 1.41. The Balaban J connectivity index is 1.56. The maximum atomic E-state index is 12.0. The van der Waals surface area contributed by atoms with E-state index in [9.17, 15) is 14.9 Å². The van der Waals surface area contributed by atoms with Crippen molar-refractivity contribution in [3.63, 3.8) is 0 Å². The Hall–Kier alpha value is -3.68. The van der Waals surface area contributed by atoms with Gasteiger partial charge in [0.15, 0.2) is 5.78 Å². The molecule has 0 aliphatic carbocycles. The van der Waals surface area contributed by atoms with Gasteiger partial charge < -0.3 is 9.15 Å². The van der Waals surface area contributed by atoms with Crippen LogP contribution < -0.4 is 4.74 Å². The van der Waals surface area contributed by atoms with Crippen molar-refractivity contribution in [1.29, 1.82) is 0 Å². The smallest absolute Gasteiger partial charge is 0.269 e. The minimum Gasteiger partial charge on any atom is -0.486 e. The number of nitro groups is 1. The van der Waals surface area contributed by atoms with Crippen LogP contribution in [0.2, 0.25) is 0 Å². The van der Waals surface area contributed by atoms with Gasteiger partial charge in [0.25, 0.3) is 5.69 Å². The number of ether oxygens (including phenoxy) is 1. The van der Waals surface area contributed by atoms with Crippen LogP contribution in [-0.2, 0) is 13.7 Å². The summed E-state index contributed by atoms with van der Waals surface area (Å²) in [7, 11) is 1.74. The zero-order valence-electron chi connectivity index (χ0n) is 13.9. The third-order valence-corrected chi connectivity index (χ3v) is 3.50. The first kappa shape index (κ1) is 17.2. The second-order valence-corrected chi connectivity index (χ2v) is 5.44. The average Bonchev–Trinajstić information content (AvgIpc) is 3.27. The fraction of sp³-hybridized carbons (Fsp3) is 0.111. The second-order valence-electron chi connectivity index (χ2n) is 5.44. The molecule has 2 heterocycles. The Labute approximate surface area is 148 Å². The molecule has 8 nitrogen and oxygen atoms in total. The minimum absolute atomic E-state index is 0.000977.